The maximum Gasteiger partial charge on any atom is 0.257 e. The van der Waals surface area contributed by atoms with E-state index in [2.05, 4.69) is 21.2 Å². The Morgan fingerprint density at radius 2 is 1.60 bits per heavy atom. The normalized spacial score (nSPS) is 15.7. The molecule has 1 heterocycles. The van der Waals surface area contributed by atoms with E-state index in [-0.39, 0.29) is 10.5 Å². The Morgan fingerprint density at radius 3 is 2.28 bits per heavy atom. The van der Waals surface area contributed by atoms with Crippen LogP contribution in [0.15, 0.2) is 57.9 Å². The number of sulfonamides is 1. The fourth-order valence-electron chi connectivity index (χ4n) is 2.86. The molecule has 1 aliphatic rings. The van der Waals surface area contributed by atoms with Gasteiger partial charge in [-0.3, -0.25) is 4.79 Å². The van der Waals surface area contributed by atoms with Gasteiger partial charge in [0.2, 0.25) is 10.0 Å². The molecule has 5 nitrogen and oxygen atoms in total. The predicted molar refractivity (Wildman–Crippen MR) is 101 cm³/mol. The second-order valence-corrected chi connectivity index (χ2v) is 8.74. The molecule has 0 saturated carbocycles. The summed E-state index contributed by atoms with van der Waals surface area (Å²) >= 11 is 3.34. The molecule has 2 aromatic carbocycles. The zero-order valence-electron chi connectivity index (χ0n) is 13.6. The van der Waals surface area contributed by atoms with E-state index in [1.54, 1.807) is 30.3 Å². The summed E-state index contributed by atoms with van der Waals surface area (Å²) in [5.41, 5.74) is 0.773. The van der Waals surface area contributed by atoms with Crippen LogP contribution in [0.25, 0.3) is 0 Å². The van der Waals surface area contributed by atoms with Crippen molar-refractivity contribution in [2.45, 2.75) is 24.2 Å². The molecular weight excluding hydrogens is 404 g/mol. The second-order valence-electron chi connectivity index (χ2n) is 5.92. The van der Waals surface area contributed by atoms with Crippen LogP contribution in [-0.4, -0.2) is 31.7 Å². The number of nitrogens with one attached hydrogen (secondary N) is 1. The average molecular weight is 423 g/mol. The molecule has 0 atom stereocenters. The van der Waals surface area contributed by atoms with Crippen LogP contribution >= 0.6 is 15.9 Å². The molecule has 1 aliphatic heterocycles. The van der Waals surface area contributed by atoms with Crippen LogP contribution in [0.1, 0.15) is 29.6 Å². The monoisotopic (exact) mass is 422 g/mol. The number of hydrogen-bond donors (Lipinski definition) is 1. The van der Waals surface area contributed by atoms with Crippen molar-refractivity contribution in [1.82, 2.24) is 4.31 Å². The Labute approximate surface area is 156 Å². The Balaban J connectivity index is 1.89. The molecule has 0 radical (unpaired) electrons. The number of halogens is 1. The third kappa shape index (κ3) is 4.11. The van der Waals surface area contributed by atoms with Crippen molar-refractivity contribution in [3.63, 3.8) is 0 Å². The highest BCUT2D eigenvalue weighted by atomic mass is 79.9. The van der Waals surface area contributed by atoms with Gasteiger partial charge in [0.15, 0.2) is 0 Å². The Kier molecular flexibility index (Phi) is 5.56. The van der Waals surface area contributed by atoms with E-state index < -0.39 is 15.9 Å². The van der Waals surface area contributed by atoms with Gasteiger partial charge in [-0.1, -0.05) is 34.5 Å². The standard InChI is InChI=1S/C18H19BrN2O3S/c19-14-8-10-15(11-9-14)20-18(22)16-6-2-3-7-17(16)25(23,24)21-12-4-1-5-13-21/h2-3,6-11H,1,4-5,12-13H2,(H,20,22). The zero-order valence-corrected chi connectivity index (χ0v) is 16.0. The summed E-state index contributed by atoms with van der Waals surface area (Å²) in [6.07, 6.45) is 2.75. The molecule has 132 valence electrons. The molecule has 1 amide bonds. The van der Waals surface area contributed by atoms with Crippen molar-refractivity contribution in [3.05, 3.63) is 58.6 Å². The summed E-state index contributed by atoms with van der Waals surface area (Å²) in [4.78, 5) is 12.7. The number of anilines is 1. The molecule has 0 bridgehead atoms. The Hall–Kier alpha value is -1.70. The van der Waals surface area contributed by atoms with E-state index in [4.69, 9.17) is 0 Å². The van der Waals surface area contributed by atoms with Crippen LogP contribution in [0.5, 0.6) is 0 Å². The van der Waals surface area contributed by atoms with E-state index in [0.29, 0.717) is 18.8 Å². The Morgan fingerprint density at radius 1 is 0.960 bits per heavy atom. The molecule has 0 aliphatic carbocycles. The van der Waals surface area contributed by atoms with Crippen LogP contribution in [-0.2, 0) is 10.0 Å². The highest BCUT2D eigenvalue weighted by molar-refractivity contribution is 9.10. The predicted octanol–water partition coefficient (Wildman–Crippen LogP) is 3.88. The summed E-state index contributed by atoms with van der Waals surface area (Å²) < 4.78 is 28.3. The largest absolute Gasteiger partial charge is 0.322 e. The molecule has 3 rings (SSSR count). The third-order valence-corrected chi connectivity index (χ3v) is 6.65. The van der Waals surface area contributed by atoms with Crippen LogP contribution < -0.4 is 5.32 Å². The van der Waals surface area contributed by atoms with Crippen molar-refractivity contribution in [2.24, 2.45) is 0 Å². The first-order chi connectivity index (χ1) is 12.0. The number of carbonyl (C=O) groups excluding carboxylic acids is 1. The molecular formula is C18H19BrN2O3S. The average Bonchev–Trinajstić information content (AvgIpc) is 2.64. The first kappa shape index (κ1) is 18.1. The molecule has 1 saturated heterocycles. The van der Waals surface area contributed by atoms with Gasteiger partial charge in [0.1, 0.15) is 0 Å². The second kappa shape index (κ2) is 7.68. The lowest BCUT2D eigenvalue weighted by atomic mass is 10.2. The number of piperidine rings is 1. The minimum Gasteiger partial charge on any atom is -0.322 e. The highest BCUT2D eigenvalue weighted by Gasteiger charge is 2.29. The molecule has 2 aromatic rings. The van der Waals surface area contributed by atoms with Crippen molar-refractivity contribution < 1.29 is 13.2 Å². The van der Waals surface area contributed by atoms with Crippen LogP contribution in [0, 0.1) is 0 Å². The summed E-state index contributed by atoms with van der Waals surface area (Å²) in [6, 6.07) is 13.5. The molecule has 1 N–H and O–H groups in total. The fourth-order valence-corrected chi connectivity index (χ4v) is 4.83. The number of carbonyl (C=O) groups is 1. The number of amides is 1. The summed E-state index contributed by atoms with van der Waals surface area (Å²) in [5.74, 6) is -0.432. The van der Waals surface area contributed by atoms with Gasteiger partial charge in [-0.25, -0.2) is 8.42 Å². The van der Waals surface area contributed by atoms with Crippen molar-refractivity contribution in [1.29, 1.82) is 0 Å². The number of benzene rings is 2. The molecule has 1 fully saturated rings. The van der Waals surface area contributed by atoms with Crippen molar-refractivity contribution in [2.75, 3.05) is 18.4 Å². The topological polar surface area (TPSA) is 66.5 Å². The maximum absolute atomic E-state index is 12.9. The van der Waals surface area contributed by atoms with E-state index in [1.165, 1.54) is 10.4 Å². The number of nitrogens with zero attached hydrogens (tertiary/aromatic N) is 1. The quantitative estimate of drug-likeness (QED) is 0.812. The van der Waals surface area contributed by atoms with Gasteiger partial charge in [0.05, 0.1) is 10.5 Å². The maximum atomic E-state index is 12.9. The lowest BCUT2D eigenvalue weighted by molar-refractivity contribution is 0.102. The van der Waals surface area contributed by atoms with Gasteiger partial charge in [-0.2, -0.15) is 4.31 Å². The molecule has 0 aromatic heterocycles. The third-order valence-electron chi connectivity index (χ3n) is 4.17. The van der Waals surface area contributed by atoms with E-state index in [1.807, 2.05) is 12.1 Å². The summed E-state index contributed by atoms with van der Waals surface area (Å²) in [5, 5.41) is 2.76. The minimum absolute atomic E-state index is 0.0616. The zero-order chi connectivity index (χ0) is 17.9. The SMILES string of the molecule is O=C(Nc1ccc(Br)cc1)c1ccccc1S(=O)(=O)N1CCCCC1. The van der Waals surface area contributed by atoms with Crippen LogP contribution in [0.3, 0.4) is 0 Å². The van der Waals surface area contributed by atoms with Gasteiger partial charge >= 0.3 is 0 Å². The first-order valence-corrected chi connectivity index (χ1v) is 10.4. The molecule has 7 heteroatoms. The number of hydrogen-bond acceptors (Lipinski definition) is 3. The van der Waals surface area contributed by atoms with E-state index in [9.17, 15) is 13.2 Å². The Bertz CT molecular complexity index is 860. The van der Waals surface area contributed by atoms with Gasteiger partial charge in [-0.15, -0.1) is 0 Å². The minimum atomic E-state index is -3.67. The lowest BCUT2D eigenvalue weighted by Crippen LogP contribution is -2.36. The molecule has 25 heavy (non-hydrogen) atoms. The fraction of sp³-hybridized carbons (Fsp3) is 0.278. The van der Waals surface area contributed by atoms with E-state index >= 15 is 0 Å². The first-order valence-electron chi connectivity index (χ1n) is 8.14. The highest BCUT2D eigenvalue weighted by Crippen LogP contribution is 2.24. The van der Waals surface area contributed by atoms with Crippen LogP contribution in [0.2, 0.25) is 0 Å². The van der Waals surface area contributed by atoms with Crippen LogP contribution in [0.4, 0.5) is 5.69 Å². The van der Waals surface area contributed by atoms with Gasteiger partial charge in [-0.05, 0) is 49.2 Å². The summed E-state index contributed by atoms with van der Waals surface area (Å²) in [6.45, 7) is 1.01. The smallest absolute Gasteiger partial charge is 0.257 e. The van der Waals surface area contributed by atoms with E-state index in [0.717, 1.165) is 23.7 Å². The lowest BCUT2D eigenvalue weighted by Gasteiger charge is -2.26. The van der Waals surface area contributed by atoms with Gasteiger partial charge < -0.3 is 5.32 Å². The van der Waals surface area contributed by atoms with Gasteiger partial charge in [0, 0.05) is 23.2 Å². The van der Waals surface area contributed by atoms with Crippen molar-refractivity contribution in [3.8, 4) is 0 Å². The van der Waals surface area contributed by atoms with Crippen molar-refractivity contribution >= 4 is 37.5 Å². The molecule has 0 spiro atoms. The number of rotatable bonds is 4. The van der Waals surface area contributed by atoms with Gasteiger partial charge in [0.25, 0.3) is 5.91 Å². The summed E-state index contributed by atoms with van der Waals surface area (Å²) in [7, 11) is -3.67. The molecule has 0 unspecified atom stereocenters.